The molecule has 0 saturated carbocycles. The van der Waals surface area contributed by atoms with Gasteiger partial charge in [-0.05, 0) is 42.3 Å². The Balaban J connectivity index is 1.82. The number of aryl methyl sites for hydroxylation is 2. The summed E-state index contributed by atoms with van der Waals surface area (Å²) in [4.78, 5) is 0. The Labute approximate surface area is 110 Å². The van der Waals surface area contributed by atoms with Crippen molar-refractivity contribution < 1.29 is 0 Å². The molecule has 2 rings (SSSR count). The van der Waals surface area contributed by atoms with Crippen molar-refractivity contribution in [3.05, 3.63) is 38.8 Å². The minimum absolute atomic E-state index is 0.727. The van der Waals surface area contributed by atoms with Crippen LogP contribution in [0.2, 0.25) is 5.15 Å². The molecule has 5 heteroatoms. The molecule has 0 spiro atoms. The maximum Gasteiger partial charge on any atom is 0.131 e. The van der Waals surface area contributed by atoms with Gasteiger partial charge in [-0.3, -0.25) is 4.68 Å². The molecule has 2 heterocycles. The van der Waals surface area contributed by atoms with Crippen LogP contribution in [0.1, 0.15) is 16.8 Å². The molecule has 0 aliphatic rings. The first-order valence-corrected chi connectivity index (χ1v) is 6.90. The zero-order valence-corrected chi connectivity index (χ0v) is 11.6. The van der Waals surface area contributed by atoms with Crippen molar-refractivity contribution in [1.82, 2.24) is 15.1 Å². The molecular weight excluding hydrogens is 254 g/mol. The lowest BCUT2D eigenvalue weighted by molar-refractivity contribution is 0.685. The van der Waals surface area contributed by atoms with E-state index in [2.05, 4.69) is 27.2 Å². The van der Waals surface area contributed by atoms with Crippen LogP contribution in [0.5, 0.6) is 0 Å². The molecule has 0 saturated heterocycles. The number of nitrogens with one attached hydrogen (secondary N) is 1. The predicted molar refractivity (Wildman–Crippen MR) is 72.7 cm³/mol. The van der Waals surface area contributed by atoms with Crippen molar-refractivity contribution in [3.8, 4) is 0 Å². The smallest absolute Gasteiger partial charge is 0.131 e. The van der Waals surface area contributed by atoms with Gasteiger partial charge in [-0.2, -0.15) is 16.4 Å². The Morgan fingerprint density at radius 3 is 2.94 bits per heavy atom. The summed E-state index contributed by atoms with van der Waals surface area (Å²) in [7, 11) is 1.87. The molecule has 3 nitrogen and oxygen atoms in total. The Bertz CT molecular complexity index is 476. The molecule has 0 unspecified atom stereocenters. The van der Waals surface area contributed by atoms with Gasteiger partial charge in [0.25, 0.3) is 0 Å². The van der Waals surface area contributed by atoms with E-state index < -0.39 is 0 Å². The van der Waals surface area contributed by atoms with Gasteiger partial charge in [0, 0.05) is 19.2 Å². The van der Waals surface area contributed by atoms with Crippen LogP contribution in [-0.2, 0) is 20.0 Å². The third-order valence-corrected chi connectivity index (χ3v) is 3.95. The Kier molecular flexibility index (Phi) is 4.20. The number of thiophene rings is 1. The third-order valence-electron chi connectivity index (χ3n) is 2.74. The fraction of sp³-hybridized carbons (Fsp3) is 0.417. The highest BCUT2D eigenvalue weighted by Gasteiger charge is 2.09. The number of hydrogen-bond acceptors (Lipinski definition) is 3. The van der Waals surface area contributed by atoms with E-state index in [-0.39, 0.29) is 0 Å². The first-order valence-electron chi connectivity index (χ1n) is 5.58. The quantitative estimate of drug-likeness (QED) is 0.846. The highest BCUT2D eigenvalue weighted by molar-refractivity contribution is 7.07. The van der Waals surface area contributed by atoms with Gasteiger partial charge in [0.15, 0.2) is 0 Å². The third kappa shape index (κ3) is 3.09. The molecule has 0 amide bonds. The van der Waals surface area contributed by atoms with Gasteiger partial charge in [-0.15, -0.1) is 0 Å². The molecule has 0 radical (unpaired) electrons. The summed E-state index contributed by atoms with van der Waals surface area (Å²) in [5, 5.41) is 12.7. The van der Waals surface area contributed by atoms with Crippen LogP contribution in [0.4, 0.5) is 0 Å². The number of hydrogen-bond donors (Lipinski definition) is 1. The van der Waals surface area contributed by atoms with Gasteiger partial charge in [-0.1, -0.05) is 11.6 Å². The Morgan fingerprint density at radius 2 is 2.35 bits per heavy atom. The van der Waals surface area contributed by atoms with Crippen molar-refractivity contribution in [2.45, 2.75) is 19.9 Å². The van der Waals surface area contributed by atoms with Gasteiger partial charge < -0.3 is 5.32 Å². The van der Waals surface area contributed by atoms with E-state index in [4.69, 9.17) is 11.6 Å². The molecular formula is C12H16ClN3S. The van der Waals surface area contributed by atoms with Crippen LogP contribution in [0, 0.1) is 6.92 Å². The second-order valence-electron chi connectivity index (χ2n) is 4.04. The average Bonchev–Trinajstić information content (AvgIpc) is 2.87. The zero-order valence-electron chi connectivity index (χ0n) is 10.0. The lowest BCUT2D eigenvalue weighted by Gasteiger charge is -2.03. The molecule has 0 atom stereocenters. The summed E-state index contributed by atoms with van der Waals surface area (Å²) in [6, 6.07) is 2.16. The van der Waals surface area contributed by atoms with Gasteiger partial charge in [0.2, 0.25) is 0 Å². The molecule has 0 bridgehead atoms. The van der Waals surface area contributed by atoms with Gasteiger partial charge in [-0.25, -0.2) is 0 Å². The minimum Gasteiger partial charge on any atom is -0.312 e. The molecule has 2 aromatic rings. The van der Waals surface area contributed by atoms with Gasteiger partial charge in [0.1, 0.15) is 5.15 Å². The van der Waals surface area contributed by atoms with Crippen LogP contribution < -0.4 is 5.32 Å². The fourth-order valence-corrected chi connectivity index (χ4v) is 2.70. The van der Waals surface area contributed by atoms with E-state index in [0.29, 0.717) is 0 Å². The normalized spacial score (nSPS) is 11.0. The first kappa shape index (κ1) is 12.6. The molecule has 0 aliphatic carbocycles. The summed E-state index contributed by atoms with van der Waals surface area (Å²) < 4.78 is 1.72. The molecule has 0 fully saturated rings. The van der Waals surface area contributed by atoms with Crippen molar-refractivity contribution in [2.75, 3.05) is 6.54 Å². The summed E-state index contributed by atoms with van der Waals surface area (Å²) >= 11 is 7.89. The summed E-state index contributed by atoms with van der Waals surface area (Å²) in [6.45, 7) is 3.73. The van der Waals surface area contributed by atoms with Crippen molar-refractivity contribution in [1.29, 1.82) is 0 Å². The standard InChI is InChI=1S/C12H16ClN3S/c1-9-11(12(13)16(2)15-9)7-14-5-3-10-4-6-17-8-10/h4,6,8,14H,3,5,7H2,1-2H3. The molecule has 92 valence electrons. The fourth-order valence-electron chi connectivity index (χ4n) is 1.76. The Hall–Kier alpha value is -0.840. The predicted octanol–water partition coefficient (Wildman–Crippen LogP) is 2.78. The number of rotatable bonds is 5. The highest BCUT2D eigenvalue weighted by Crippen LogP contribution is 2.18. The van der Waals surface area contributed by atoms with Crippen LogP contribution in [0.3, 0.4) is 0 Å². The number of halogens is 1. The molecule has 2 aromatic heterocycles. The van der Waals surface area contributed by atoms with E-state index in [1.807, 2.05) is 14.0 Å². The van der Waals surface area contributed by atoms with Crippen molar-refractivity contribution in [2.24, 2.45) is 7.05 Å². The maximum atomic E-state index is 6.15. The van der Waals surface area contributed by atoms with Crippen LogP contribution in [-0.4, -0.2) is 16.3 Å². The lowest BCUT2D eigenvalue weighted by atomic mass is 10.2. The summed E-state index contributed by atoms with van der Waals surface area (Å²) in [5.41, 5.74) is 3.48. The molecule has 0 aliphatic heterocycles. The van der Waals surface area contributed by atoms with Crippen LogP contribution >= 0.6 is 22.9 Å². The SMILES string of the molecule is Cc1nn(C)c(Cl)c1CNCCc1ccsc1. The molecule has 1 N–H and O–H groups in total. The van der Waals surface area contributed by atoms with E-state index in [9.17, 15) is 0 Å². The van der Waals surface area contributed by atoms with Gasteiger partial charge >= 0.3 is 0 Å². The maximum absolute atomic E-state index is 6.15. The van der Waals surface area contributed by atoms with E-state index in [0.717, 1.165) is 35.9 Å². The summed E-state index contributed by atoms with van der Waals surface area (Å²) in [5.74, 6) is 0. The topological polar surface area (TPSA) is 29.9 Å². The van der Waals surface area contributed by atoms with Crippen molar-refractivity contribution >= 4 is 22.9 Å². The van der Waals surface area contributed by atoms with E-state index in [1.54, 1.807) is 16.0 Å². The van der Waals surface area contributed by atoms with Gasteiger partial charge in [0.05, 0.1) is 5.69 Å². The Morgan fingerprint density at radius 1 is 1.53 bits per heavy atom. The van der Waals surface area contributed by atoms with Crippen molar-refractivity contribution in [3.63, 3.8) is 0 Å². The second kappa shape index (κ2) is 5.67. The van der Waals surface area contributed by atoms with E-state index >= 15 is 0 Å². The lowest BCUT2D eigenvalue weighted by Crippen LogP contribution is -2.17. The first-order chi connectivity index (χ1) is 8.18. The monoisotopic (exact) mass is 269 g/mol. The average molecular weight is 270 g/mol. The second-order valence-corrected chi connectivity index (χ2v) is 5.17. The minimum atomic E-state index is 0.727. The number of aromatic nitrogens is 2. The summed E-state index contributed by atoms with van der Waals surface area (Å²) in [6.07, 6.45) is 1.06. The molecule has 0 aromatic carbocycles. The number of nitrogens with zero attached hydrogens (tertiary/aromatic N) is 2. The highest BCUT2D eigenvalue weighted by atomic mass is 35.5. The molecule has 17 heavy (non-hydrogen) atoms. The van der Waals surface area contributed by atoms with E-state index in [1.165, 1.54) is 5.56 Å². The van der Waals surface area contributed by atoms with Crippen LogP contribution in [0.15, 0.2) is 16.8 Å². The zero-order chi connectivity index (χ0) is 12.3. The largest absolute Gasteiger partial charge is 0.312 e. The van der Waals surface area contributed by atoms with Crippen LogP contribution in [0.25, 0.3) is 0 Å².